The summed E-state index contributed by atoms with van der Waals surface area (Å²) in [5.74, 6) is 0.759. The zero-order chi connectivity index (χ0) is 14.1. The minimum atomic E-state index is -0.00836. The Balaban J connectivity index is 1.98. The average molecular weight is 292 g/mol. The number of hydrogen-bond donors (Lipinski definition) is 1. The number of fused-ring (bicyclic) bond motifs is 1. The van der Waals surface area contributed by atoms with Crippen LogP contribution in [0.15, 0.2) is 18.2 Å². The normalized spacial score (nSPS) is 15.6. The van der Waals surface area contributed by atoms with Gasteiger partial charge in [-0.3, -0.25) is 4.79 Å². The van der Waals surface area contributed by atoms with E-state index in [-0.39, 0.29) is 5.91 Å². The van der Waals surface area contributed by atoms with Crippen molar-refractivity contribution in [2.75, 3.05) is 39.1 Å². The fourth-order valence-electron chi connectivity index (χ4n) is 2.29. The Bertz CT molecular complexity index is 647. The minimum absolute atomic E-state index is 0.00836. The fourth-order valence-corrected chi connectivity index (χ4v) is 3.41. The molecule has 2 aromatic rings. The Morgan fingerprint density at radius 1 is 1.40 bits per heavy atom. The van der Waals surface area contributed by atoms with Crippen LogP contribution in [0.3, 0.4) is 0 Å². The largest absolute Gasteiger partial charge is 0.497 e. The van der Waals surface area contributed by atoms with Gasteiger partial charge in [0.25, 0.3) is 5.91 Å². The van der Waals surface area contributed by atoms with Gasteiger partial charge in [0.2, 0.25) is 0 Å². The van der Waals surface area contributed by atoms with Gasteiger partial charge in [0.15, 0.2) is 0 Å². The van der Waals surface area contributed by atoms with E-state index in [2.05, 4.69) is 0 Å². The van der Waals surface area contributed by atoms with Crippen LogP contribution in [0.25, 0.3) is 10.1 Å². The van der Waals surface area contributed by atoms with Crippen molar-refractivity contribution in [2.24, 2.45) is 0 Å². The predicted molar refractivity (Wildman–Crippen MR) is 79.5 cm³/mol. The summed E-state index contributed by atoms with van der Waals surface area (Å²) in [6, 6.07) is 5.66. The fraction of sp³-hybridized carbons (Fsp3) is 0.357. The van der Waals surface area contributed by atoms with Crippen molar-refractivity contribution in [3.8, 4) is 5.75 Å². The number of anilines is 1. The summed E-state index contributed by atoms with van der Waals surface area (Å²) >= 11 is 1.42. The third-order valence-electron chi connectivity index (χ3n) is 3.43. The number of hydrogen-bond acceptors (Lipinski definition) is 5. The van der Waals surface area contributed by atoms with E-state index in [9.17, 15) is 4.79 Å². The lowest BCUT2D eigenvalue weighted by atomic mass is 10.2. The van der Waals surface area contributed by atoms with Gasteiger partial charge < -0.3 is 20.1 Å². The van der Waals surface area contributed by atoms with Crippen LogP contribution in [-0.2, 0) is 4.74 Å². The van der Waals surface area contributed by atoms with Crippen LogP contribution in [0.2, 0.25) is 0 Å². The first kappa shape index (κ1) is 13.2. The van der Waals surface area contributed by atoms with E-state index in [1.807, 2.05) is 18.2 Å². The number of carbonyl (C=O) groups excluding carboxylic acids is 1. The van der Waals surface area contributed by atoms with Crippen LogP contribution in [0.4, 0.5) is 5.69 Å². The van der Waals surface area contributed by atoms with E-state index in [0.29, 0.717) is 36.9 Å². The second kappa shape index (κ2) is 5.30. The van der Waals surface area contributed by atoms with Crippen molar-refractivity contribution < 1.29 is 14.3 Å². The number of benzene rings is 1. The molecule has 0 spiro atoms. The van der Waals surface area contributed by atoms with Gasteiger partial charge in [-0.15, -0.1) is 11.3 Å². The average Bonchev–Trinajstić information content (AvgIpc) is 2.84. The number of carbonyl (C=O) groups is 1. The number of nitrogen functional groups attached to an aromatic ring is 1. The molecule has 0 aliphatic carbocycles. The number of ether oxygens (including phenoxy) is 2. The molecule has 0 atom stereocenters. The van der Waals surface area contributed by atoms with Crippen molar-refractivity contribution in [3.05, 3.63) is 23.1 Å². The van der Waals surface area contributed by atoms with Gasteiger partial charge in [0, 0.05) is 23.2 Å². The minimum Gasteiger partial charge on any atom is -0.497 e. The zero-order valence-electron chi connectivity index (χ0n) is 11.2. The third-order valence-corrected chi connectivity index (χ3v) is 4.58. The summed E-state index contributed by atoms with van der Waals surface area (Å²) in [4.78, 5) is 14.9. The highest BCUT2D eigenvalue weighted by Gasteiger charge is 2.23. The Morgan fingerprint density at radius 2 is 2.15 bits per heavy atom. The van der Waals surface area contributed by atoms with Gasteiger partial charge in [-0.2, -0.15) is 0 Å². The second-order valence-electron chi connectivity index (χ2n) is 4.61. The van der Waals surface area contributed by atoms with Crippen LogP contribution in [0.1, 0.15) is 9.67 Å². The number of rotatable bonds is 2. The summed E-state index contributed by atoms with van der Waals surface area (Å²) in [6.07, 6.45) is 0. The molecule has 2 heterocycles. The predicted octanol–water partition coefficient (Wildman–Crippen LogP) is 1.96. The maximum Gasteiger partial charge on any atom is 0.266 e. The molecule has 0 unspecified atom stereocenters. The highest BCUT2D eigenvalue weighted by Crippen LogP contribution is 2.36. The molecule has 1 aromatic heterocycles. The summed E-state index contributed by atoms with van der Waals surface area (Å²) in [6.45, 7) is 2.42. The number of nitrogens with two attached hydrogens (primary N) is 1. The van der Waals surface area contributed by atoms with Crippen molar-refractivity contribution in [2.45, 2.75) is 0 Å². The van der Waals surface area contributed by atoms with Gasteiger partial charge in [-0.05, 0) is 18.2 Å². The monoisotopic (exact) mass is 292 g/mol. The van der Waals surface area contributed by atoms with Crippen LogP contribution in [0.5, 0.6) is 5.75 Å². The summed E-state index contributed by atoms with van der Waals surface area (Å²) in [7, 11) is 1.62. The number of amides is 1. The number of nitrogens with zero attached hydrogens (tertiary/aromatic N) is 1. The Kier molecular flexibility index (Phi) is 3.50. The standard InChI is InChI=1S/C14H16N2O3S/c1-18-9-2-3-10-11(8-9)20-13(12(10)15)14(17)16-4-6-19-7-5-16/h2-3,8H,4-7,15H2,1H3. The molecule has 0 radical (unpaired) electrons. The number of morpholine rings is 1. The smallest absolute Gasteiger partial charge is 0.266 e. The molecule has 5 nitrogen and oxygen atoms in total. The molecule has 2 N–H and O–H groups in total. The lowest BCUT2D eigenvalue weighted by Gasteiger charge is -2.26. The maximum absolute atomic E-state index is 12.5. The summed E-state index contributed by atoms with van der Waals surface area (Å²) in [5.41, 5.74) is 6.69. The lowest BCUT2D eigenvalue weighted by molar-refractivity contribution is 0.0307. The van der Waals surface area contributed by atoms with Crippen molar-refractivity contribution in [1.82, 2.24) is 4.90 Å². The van der Waals surface area contributed by atoms with E-state index in [1.165, 1.54) is 11.3 Å². The highest BCUT2D eigenvalue weighted by molar-refractivity contribution is 7.21. The van der Waals surface area contributed by atoms with Gasteiger partial charge >= 0.3 is 0 Å². The first-order chi connectivity index (χ1) is 9.70. The maximum atomic E-state index is 12.5. The van der Waals surface area contributed by atoms with E-state index in [0.717, 1.165) is 15.8 Å². The van der Waals surface area contributed by atoms with Crippen molar-refractivity contribution in [3.63, 3.8) is 0 Å². The Morgan fingerprint density at radius 3 is 2.85 bits per heavy atom. The van der Waals surface area contributed by atoms with Crippen LogP contribution >= 0.6 is 11.3 Å². The first-order valence-corrected chi connectivity index (χ1v) is 7.25. The van der Waals surface area contributed by atoms with E-state index in [1.54, 1.807) is 12.0 Å². The second-order valence-corrected chi connectivity index (χ2v) is 5.66. The molecule has 1 saturated heterocycles. The molecule has 106 valence electrons. The molecule has 0 bridgehead atoms. The molecule has 6 heteroatoms. The third kappa shape index (κ3) is 2.21. The van der Waals surface area contributed by atoms with Crippen LogP contribution in [-0.4, -0.2) is 44.2 Å². The molecular weight excluding hydrogens is 276 g/mol. The van der Waals surface area contributed by atoms with Crippen molar-refractivity contribution in [1.29, 1.82) is 0 Å². The van der Waals surface area contributed by atoms with Crippen LogP contribution in [0, 0.1) is 0 Å². The number of methoxy groups -OCH3 is 1. The molecule has 3 rings (SSSR count). The topological polar surface area (TPSA) is 64.8 Å². The molecular formula is C14H16N2O3S. The quantitative estimate of drug-likeness (QED) is 0.919. The zero-order valence-corrected chi connectivity index (χ0v) is 12.0. The Hall–Kier alpha value is -1.79. The summed E-state index contributed by atoms with van der Waals surface area (Å²) < 4.78 is 11.4. The molecule has 1 aromatic carbocycles. The highest BCUT2D eigenvalue weighted by atomic mass is 32.1. The van der Waals surface area contributed by atoms with Gasteiger partial charge in [-0.25, -0.2) is 0 Å². The molecule has 20 heavy (non-hydrogen) atoms. The van der Waals surface area contributed by atoms with Gasteiger partial charge in [0.1, 0.15) is 10.6 Å². The molecule has 0 saturated carbocycles. The molecule has 1 amide bonds. The SMILES string of the molecule is COc1ccc2c(N)c(C(=O)N3CCOCC3)sc2c1. The number of thiophene rings is 1. The van der Waals surface area contributed by atoms with E-state index < -0.39 is 0 Å². The Labute approximate surface area is 120 Å². The van der Waals surface area contributed by atoms with Crippen LogP contribution < -0.4 is 10.5 Å². The molecule has 1 fully saturated rings. The van der Waals surface area contributed by atoms with E-state index in [4.69, 9.17) is 15.2 Å². The van der Waals surface area contributed by atoms with E-state index >= 15 is 0 Å². The molecule has 1 aliphatic heterocycles. The van der Waals surface area contributed by atoms with Crippen molar-refractivity contribution >= 4 is 33.0 Å². The summed E-state index contributed by atoms with van der Waals surface area (Å²) in [5, 5.41) is 0.910. The first-order valence-electron chi connectivity index (χ1n) is 6.43. The lowest BCUT2D eigenvalue weighted by Crippen LogP contribution is -2.40. The molecule has 1 aliphatic rings. The van der Waals surface area contributed by atoms with Gasteiger partial charge in [0.05, 0.1) is 26.0 Å². The van der Waals surface area contributed by atoms with Gasteiger partial charge in [-0.1, -0.05) is 0 Å².